The van der Waals surface area contributed by atoms with E-state index in [-0.39, 0.29) is 5.43 Å². The molecule has 0 radical (unpaired) electrons. The van der Waals surface area contributed by atoms with E-state index in [2.05, 4.69) is 0 Å². The van der Waals surface area contributed by atoms with Crippen molar-refractivity contribution in [2.75, 3.05) is 0 Å². The van der Waals surface area contributed by atoms with Gasteiger partial charge in [-0.15, -0.1) is 0 Å². The molecule has 0 amide bonds. The number of fused-ring (bicyclic) bond motifs is 1. The van der Waals surface area contributed by atoms with Gasteiger partial charge in [0.2, 0.25) is 0 Å². The predicted octanol–water partition coefficient (Wildman–Crippen LogP) is 3.14. The zero-order chi connectivity index (χ0) is 14.1. The highest BCUT2D eigenvalue weighted by Gasteiger charge is 2.13. The van der Waals surface area contributed by atoms with E-state index in [0.29, 0.717) is 28.6 Å². The summed E-state index contributed by atoms with van der Waals surface area (Å²) in [6.45, 7) is 1.77. The molecular formula is C17H15NO2. The molecule has 3 heteroatoms. The highest BCUT2D eigenvalue weighted by atomic mass is 16.5. The maximum Gasteiger partial charge on any atom is 0.193 e. The molecule has 3 nitrogen and oxygen atoms in total. The van der Waals surface area contributed by atoms with Crippen LogP contribution in [-0.4, -0.2) is 9.94 Å². The van der Waals surface area contributed by atoms with Crippen molar-refractivity contribution in [1.82, 2.24) is 4.73 Å². The van der Waals surface area contributed by atoms with Crippen molar-refractivity contribution in [1.29, 1.82) is 0 Å². The summed E-state index contributed by atoms with van der Waals surface area (Å²) in [6.07, 6.45) is 0.525. The lowest BCUT2D eigenvalue weighted by Gasteiger charge is -2.12. The van der Waals surface area contributed by atoms with Crippen LogP contribution in [0.2, 0.25) is 0 Å². The van der Waals surface area contributed by atoms with Crippen LogP contribution in [0.15, 0.2) is 59.4 Å². The minimum Gasteiger partial charge on any atom is -0.428 e. The van der Waals surface area contributed by atoms with Crippen LogP contribution < -0.4 is 5.43 Å². The van der Waals surface area contributed by atoms with Crippen LogP contribution in [0.1, 0.15) is 16.8 Å². The number of benzene rings is 2. The second-order valence-electron chi connectivity index (χ2n) is 4.88. The largest absolute Gasteiger partial charge is 0.428 e. The summed E-state index contributed by atoms with van der Waals surface area (Å²) in [5, 5.41) is 10.8. The first-order valence-electron chi connectivity index (χ1n) is 6.55. The molecule has 0 atom stereocenters. The van der Waals surface area contributed by atoms with E-state index in [0.717, 1.165) is 10.3 Å². The van der Waals surface area contributed by atoms with Crippen molar-refractivity contribution in [2.24, 2.45) is 0 Å². The first kappa shape index (κ1) is 12.5. The fourth-order valence-electron chi connectivity index (χ4n) is 2.49. The van der Waals surface area contributed by atoms with Gasteiger partial charge in [0.1, 0.15) is 0 Å². The third kappa shape index (κ3) is 1.97. The van der Waals surface area contributed by atoms with Gasteiger partial charge in [-0.3, -0.25) is 4.79 Å². The molecule has 3 aromatic rings. The van der Waals surface area contributed by atoms with E-state index >= 15 is 0 Å². The number of rotatable bonds is 2. The molecule has 0 aliphatic rings. The normalized spacial score (nSPS) is 10.8. The fourth-order valence-corrected chi connectivity index (χ4v) is 2.49. The Hall–Kier alpha value is -2.55. The van der Waals surface area contributed by atoms with Crippen LogP contribution in [0.25, 0.3) is 10.9 Å². The predicted molar refractivity (Wildman–Crippen MR) is 79.4 cm³/mol. The molecule has 3 rings (SSSR count). The summed E-state index contributed by atoms with van der Waals surface area (Å²) < 4.78 is 1.11. The van der Waals surface area contributed by atoms with Crippen LogP contribution in [0, 0.1) is 6.92 Å². The number of hydrogen-bond donors (Lipinski definition) is 1. The lowest BCUT2D eigenvalue weighted by molar-refractivity contribution is 0.190. The molecule has 0 bridgehead atoms. The Bertz CT molecular complexity index is 820. The van der Waals surface area contributed by atoms with Crippen LogP contribution in [0.3, 0.4) is 0 Å². The molecule has 20 heavy (non-hydrogen) atoms. The van der Waals surface area contributed by atoms with Gasteiger partial charge >= 0.3 is 0 Å². The van der Waals surface area contributed by atoms with Gasteiger partial charge in [-0.25, -0.2) is 0 Å². The van der Waals surface area contributed by atoms with Gasteiger partial charge < -0.3 is 5.21 Å². The topological polar surface area (TPSA) is 42.2 Å². The van der Waals surface area contributed by atoms with Crippen LogP contribution >= 0.6 is 0 Å². The Morgan fingerprint density at radius 2 is 1.65 bits per heavy atom. The molecule has 1 aromatic heterocycles. The highest BCUT2D eigenvalue weighted by Crippen LogP contribution is 2.16. The molecule has 0 saturated carbocycles. The van der Waals surface area contributed by atoms with Crippen molar-refractivity contribution >= 4 is 10.9 Å². The van der Waals surface area contributed by atoms with E-state index in [1.165, 1.54) is 0 Å². The Morgan fingerprint density at radius 3 is 2.40 bits per heavy atom. The highest BCUT2D eigenvalue weighted by molar-refractivity contribution is 5.79. The number of hydrogen-bond acceptors (Lipinski definition) is 2. The standard InChI is InChI=1S/C17H15NO2/c1-12-15(11-13-7-3-2-4-8-13)17(19)14-9-5-6-10-16(14)18(12)20/h2-10,20H,11H2,1H3. The van der Waals surface area contributed by atoms with Gasteiger partial charge in [0, 0.05) is 17.4 Å². The summed E-state index contributed by atoms with van der Waals surface area (Å²) in [7, 11) is 0. The molecule has 1 N–H and O–H groups in total. The summed E-state index contributed by atoms with van der Waals surface area (Å²) in [4.78, 5) is 12.6. The van der Waals surface area contributed by atoms with E-state index < -0.39 is 0 Å². The van der Waals surface area contributed by atoms with Crippen molar-refractivity contribution < 1.29 is 5.21 Å². The molecule has 100 valence electrons. The minimum atomic E-state index is -0.00717. The quantitative estimate of drug-likeness (QED) is 0.723. The second-order valence-corrected chi connectivity index (χ2v) is 4.88. The molecule has 2 aromatic carbocycles. The lowest BCUT2D eigenvalue weighted by Crippen LogP contribution is -2.18. The van der Waals surface area contributed by atoms with E-state index in [1.54, 1.807) is 19.1 Å². The molecular weight excluding hydrogens is 250 g/mol. The Morgan fingerprint density at radius 1 is 1.00 bits per heavy atom. The van der Waals surface area contributed by atoms with Crippen molar-refractivity contribution in [3.63, 3.8) is 0 Å². The molecule has 0 aliphatic carbocycles. The summed E-state index contributed by atoms with van der Waals surface area (Å²) in [5.74, 6) is 0. The Labute approximate surface area is 116 Å². The Kier molecular flexibility index (Phi) is 3.03. The summed E-state index contributed by atoms with van der Waals surface area (Å²) in [5.41, 5.74) is 2.83. The monoisotopic (exact) mass is 265 g/mol. The third-order valence-electron chi connectivity index (χ3n) is 3.63. The van der Waals surface area contributed by atoms with Crippen molar-refractivity contribution in [3.05, 3.63) is 81.6 Å². The number of para-hydroxylation sites is 1. The van der Waals surface area contributed by atoms with Crippen molar-refractivity contribution in [3.8, 4) is 0 Å². The first-order chi connectivity index (χ1) is 9.68. The maximum atomic E-state index is 12.6. The van der Waals surface area contributed by atoms with Gasteiger partial charge in [-0.05, 0) is 24.6 Å². The van der Waals surface area contributed by atoms with E-state index in [4.69, 9.17) is 0 Å². The average Bonchev–Trinajstić information content (AvgIpc) is 2.50. The Balaban J connectivity index is 2.24. The summed E-state index contributed by atoms with van der Waals surface area (Å²) >= 11 is 0. The number of aromatic nitrogens is 1. The SMILES string of the molecule is Cc1c(Cc2ccccc2)c(=O)c2ccccc2n1O. The first-order valence-corrected chi connectivity index (χ1v) is 6.55. The molecule has 0 saturated heterocycles. The average molecular weight is 265 g/mol. The van der Waals surface area contributed by atoms with E-state index in [9.17, 15) is 10.0 Å². The summed E-state index contributed by atoms with van der Waals surface area (Å²) in [6, 6.07) is 16.9. The maximum absolute atomic E-state index is 12.6. The van der Waals surface area contributed by atoms with Gasteiger partial charge in [0.05, 0.1) is 11.2 Å². The van der Waals surface area contributed by atoms with Crippen LogP contribution in [-0.2, 0) is 6.42 Å². The third-order valence-corrected chi connectivity index (χ3v) is 3.63. The van der Waals surface area contributed by atoms with Crippen LogP contribution in [0.5, 0.6) is 0 Å². The second kappa shape index (κ2) is 4.85. The smallest absolute Gasteiger partial charge is 0.193 e. The molecule has 1 heterocycles. The number of nitrogens with zero attached hydrogens (tertiary/aromatic N) is 1. The lowest BCUT2D eigenvalue weighted by atomic mass is 10.0. The van der Waals surface area contributed by atoms with Gasteiger partial charge in [0.15, 0.2) is 5.43 Å². The van der Waals surface area contributed by atoms with Crippen LogP contribution in [0.4, 0.5) is 0 Å². The molecule has 0 aliphatic heterocycles. The zero-order valence-electron chi connectivity index (χ0n) is 11.2. The molecule has 0 unspecified atom stereocenters. The van der Waals surface area contributed by atoms with Crippen molar-refractivity contribution in [2.45, 2.75) is 13.3 Å². The van der Waals surface area contributed by atoms with E-state index in [1.807, 2.05) is 42.5 Å². The van der Waals surface area contributed by atoms with Gasteiger partial charge in [-0.1, -0.05) is 42.5 Å². The minimum absolute atomic E-state index is 0.00717. The number of pyridine rings is 1. The zero-order valence-corrected chi connectivity index (χ0v) is 11.2. The molecule has 0 spiro atoms. The molecule has 0 fully saturated rings. The fraction of sp³-hybridized carbons (Fsp3) is 0.118. The van der Waals surface area contributed by atoms with Gasteiger partial charge in [0.25, 0.3) is 0 Å². The van der Waals surface area contributed by atoms with Gasteiger partial charge in [-0.2, -0.15) is 4.73 Å².